The van der Waals surface area contributed by atoms with Gasteiger partial charge in [-0.15, -0.1) is 0 Å². The highest BCUT2D eigenvalue weighted by atomic mass is 35.5. The Morgan fingerprint density at radius 2 is 1.45 bits per heavy atom. The molecule has 0 aliphatic carbocycles. The maximum Gasteiger partial charge on any atom is 0.338 e. The number of halogens is 2. The topological polar surface area (TPSA) is 80.2 Å². The highest BCUT2D eigenvalue weighted by Crippen LogP contribution is 2.11. The van der Waals surface area contributed by atoms with Crippen molar-refractivity contribution in [3.63, 3.8) is 0 Å². The quantitative estimate of drug-likeness (QED) is 0.679. The van der Waals surface area contributed by atoms with Gasteiger partial charge in [-0.1, -0.05) is 23.2 Å². The molecule has 2 heterocycles. The largest absolute Gasteiger partial charge is 0.478 e. The lowest BCUT2D eigenvalue weighted by Gasteiger charge is -1.94. The SMILES string of the molecule is CC(=O)c1cccnc1Cl.O=C(O)c1cccnc1Cl. The van der Waals surface area contributed by atoms with Gasteiger partial charge in [0.2, 0.25) is 0 Å². The van der Waals surface area contributed by atoms with Crippen LogP contribution in [0.4, 0.5) is 0 Å². The minimum absolute atomic E-state index is 0.0231. The van der Waals surface area contributed by atoms with Gasteiger partial charge in [0, 0.05) is 12.4 Å². The second-order valence-electron chi connectivity index (χ2n) is 3.54. The maximum absolute atomic E-state index is 10.7. The summed E-state index contributed by atoms with van der Waals surface area (Å²) in [5.41, 5.74) is 0.508. The van der Waals surface area contributed by atoms with Crippen molar-refractivity contribution in [3.8, 4) is 0 Å². The zero-order valence-electron chi connectivity index (χ0n) is 10.4. The second kappa shape index (κ2) is 7.57. The minimum Gasteiger partial charge on any atom is -0.478 e. The van der Waals surface area contributed by atoms with Crippen LogP contribution >= 0.6 is 23.2 Å². The first-order valence-corrected chi connectivity index (χ1v) is 6.14. The van der Waals surface area contributed by atoms with Crippen LogP contribution < -0.4 is 0 Å². The predicted octanol–water partition coefficient (Wildman–Crippen LogP) is 3.37. The molecule has 0 amide bonds. The summed E-state index contributed by atoms with van der Waals surface area (Å²) in [4.78, 5) is 28.4. The molecular weight excluding hydrogens is 303 g/mol. The Kier molecular flexibility index (Phi) is 6.09. The molecule has 2 aromatic rings. The van der Waals surface area contributed by atoms with Crippen LogP contribution in [0.15, 0.2) is 36.7 Å². The Bertz CT molecular complexity index is 577. The molecule has 0 spiro atoms. The van der Waals surface area contributed by atoms with E-state index in [9.17, 15) is 9.59 Å². The molecule has 7 heteroatoms. The summed E-state index contributed by atoms with van der Waals surface area (Å²) in [6.07, 6.45) is 2.99. The number of carbonyl (C=O) groups is 2. The molecule has 0 unspecified atom stereocenters. The zero-order valence-corrected chi connectivity index (χ0v) is 11.9. The van der Waals surface area contributed by atoms with Crippen molar-refractivity contribution in [2.24, 2.45) is 0 Å². The van der Waals surface area contributed by atoms with E-state index in [-0.39, 0.29) is 21.7 Å². The molecule has 0 radical (unpaired) electrons. The van der Waals surface area contributed by atoms with Crippen LogP contribution in [-0.2, 0) is 0 Å². The number of nitrogens with zero attached hydrogens (tertiary/aromatic N) is 2. The Labute approximate surface area is 125 Å². The molecule has 0 aliphatic heterocycles. The third kappa shape index (κ3) is 4.60. The molecule has 0 atom stereocenters. The van der Waals surface area contributed by atoms with Crippen molar-refractivity contribution >= 4 is 35.0 Å². The second-order valence-corrected chi connectivity index (χ2v) is 4.26. The molecule has 0 saturated carbocycles. The van der Waals surface area contributed by atoms with Crippen molar-refractivity contribution in [2.75, 3.05) is 0 Å². The molecule has 5 nitrogen and oxygen atoms in total. The number of carbonyl (C=O) groups excluding carboxylic acids is 1. The van der Waals surface area contributed by atoms with Crippen LogP contribution in [0, 0.1) is 0 Å². The standard InChI is InChI=1S/C7H6ClNO.C6H4ClNO2/c1-5(10)6-3-2-4-9-7(6)8;7-5-4(6(9)10)2-1-3-8-5/h2-4H,1H3;1-3H,(H,9,10). The summed E-state index contributed by atoms with van der Waals surface area (Å²) >= 11 is 11.0. The Hall–Kier alpha value is -1.98. The van der Waals surface area contributed by atoms with Crippen molar-refractivity contribution < 1.29 is 14.7 Å². The number of pyridine rings is 2. The lowest BCUT2D eigenvalue weighted by Crippen LogP contribution is -1.97. The van der Waals surface area contributed by atoms with Gasteiger partial charge < -0.3 is 5.11 Å². The molecule has 0 saturated heterocycles. The maximum atomic E-state index is 10.7. The molecule has 0 bridgehead atoms. The number of carboxylic acids is 1. The summed E-state index contributed by atoms with van der Waals surface area (Å²) < 4.78 is 0. The molecule has 2 aromatic heterocycles. The van der Waals surface area contributed by atoms with E-state index >= 15 is 0 Å². The molecule has 104 valence electrons. The third-order valence-electron chi connectivity index (χ3n) is 2.13. The molecule has 0 aromatic carbocycles. The predicted molar refractivity (Wildman–Crippen MR) is 75.5 cm³/mol. The molecule has 1 N–H and O–H groups in total. The highest BCUT2D eigenvalue weighted by molar-refractivity contribution is 6.32. The Morgan fingerprint density at radius 3 is 1.70 bits per heavy atom. The third-order valence-corrected chi connectivity index (χ3v) is 2.73. The summed E-state index contributed by atoms with van der Waals surface area (Å²) in [5, 5.41) is 8.74. The van der Waals surface area contributed by atoms with E-state index < -0.39 is 5.97 Å². The number of rotatable bonds is 2. The number of hydrogen-bond acceptors (Lipinski definition) is 4. The smallest absolute Gasteiger partial charge is 0.338 e. The van der Waals surface area contributed by atoms with E-state index in [1.165, 1.54) is 25.3 Å². The average Bonchev–Trinajstić information content (AvgIpc) is 2.40. The van der Waals surface area contributed by atoms with E-state index in [1.807, 2.05) is 0 Å². The summed E-state index contributed by atoms with van der Waals surface area (Å²) in [6, 6.07) is 6.26. The van der Waals surface area contributed by atoms with Gasteiger partial charge in [0.05, 0.1) is 11.1 Å². The Morgan fingerprint density at radius 1 is 1.00 bits per heavy atom. The lowest BCUT2D eigenvalue weighted by molar-refractivity contribution is 0.0696. The van der Waals surface area contributed by atoms with Gasteiger partial charge >= 0.3 is 5.97 Å². The molecule has 2 rings (SSSR count). The van der Waals surface area contributed by atoms with Gasteiger partial charge in [0.25, 0.3) is 0 Å². The fraction of sp³-hybridized carbons (Fsp3) is 0.0769. The summed E-state index contributed by atoms with van der Waals surface area (Å²) in [7, 11) is 0. The first-order valence-electron chi connectivity index (χ1n) is 5.38. The van der Waals surface area contributed by atoms with Crippen LogP contribution in [0.1, 0.15) is 27.6 Å². The minimum atomic E-state index is -1.06. The van der Waals surface area contributed by atoms with Crippen molar-refractivity contribution in [1.29, 1.82) is 0 Å². The first kappa shape index (κ1) is 16.1. The van der Waals surface area contributed by atoms with Crippen LogP contribution in [-0.4, -0.2) is 26.8 Å². The number of hydrogen-bond donors (Lipinski definition) is 1. The highest BCUT2D eigenvalue weighted by Gasteiger charge is 2.06. The molecule has 0 aliphatic rings. The van der Waals surface area contributed by atoms with Crippen LogP contribution in [0.5, 0.6) is 0 Å². The number of aromatic carboxylic acids is 1. The van der Waals surface area contributed by atoms with Gasteiger partial charge in [-0.3, -0.25) is 4.79 Å². The van der Waals surface area contributed by atoms with Crippen molar-refractivity contribution in [1.82, 2.24) is 9.97 Å². The number of ketones is 1. The summed E-state index contributed by atoms with van der Waals surface area (Å²) in [5.74, 6) is -1.11. The first-order chi connectivity index (χ1) is 9.43. The average molecular weight is 313 g/mol. The number of aromatic nitrogens is 2. The fourth-order valence-electron chi connectivity index (χ4n) is 1.19. The molecule has 0 fully saturated rings. The van der Waals surface area contributed by atoms with Crippen LogP contribution in [0.2, 0.25) is 10.3 Å². The Balaban J connectivity index is 0.000000200. The molecule has 20 heavy (non-hydrogen) atoms. The normalized spacial score (nSPS) is 9.35. The van der Waals surface area contributed by atoms with E-state index in [0.717, 1.165) is 0 Å². The number of carboxylic acid groups (broad SMARTS) is 1. The van der Waals surface area contributed by atoms with Crippen LogP contribution in [0.25, 0.3) is 0 Å². The van der Waals surface area contributed by atoms with Gasteiger partial charge in [-0.05, 0) is 31.2 Å². The fourth-order valence-corrected chi connectivity index (χ4v) is 1.65. The van der Waals surface area contributed by atoms with Gasteiger partial charge in [0.15, 0.2) is 5.78 Å². The van der Waals surface area contributed by atoms with Gasteiger partial charge in [-0.25, -0.2) is 14.8 Å². The van der Waals surface area contributed by atoms with Gasteiger partial charge in [0.1, 0.15) is 10.3 Å². The lowest BCUT2D eigenvalue weighted by atomic mass is 10.2. The van der Waals surface area contributed by atoms with Crippen molar-refractivity contribution in [3.05, 3.63) is 58.1 Å². The number of Topliss-reactive ketones (excluding diaryl/α,β-unsaturated/α-hetero) is 1. The molecular formula is C13H10Cl2N2O3. The van der Waals surface area contributed by atoms with Crippen LogP contribution in [0.3, 0.4) is 0 Å². The van der Waals surface area contributed by atoms with E-state index in [0.29, 0.717) is 5.56 Å². The zero-order chi connectivity index (χ0) is 15.1. The monoisotopic (exact) mass is 312 g/mol. The van der Waals surface area contributed by atoms with Gasteiger partial charge in [-0.2, -0.15) is 0 Å². The van der Waals surface area contributed by atoms with E-state index in [1.54, 1.807) is 18.3 Å². The van der Waals surface area contributed by atoms with E-state index in [4.69, 9.17) is 28.3 Å². The summed E-state index contributed by atoms with van der Waals surface area (Å²) in [6.45, 7) is 1.46. The van der Waals surface area contributed by atoms with E-state index in [2.05, 4.69) is 9.97 Å². The van der Waals surface area contributed by atoms with Crippen molar-refractivity contribution in [2.45, 2.75) is 6.92 Å².